The van der Waals surface area contributed by atoms with Gasteiger partial charge < -0.3 is 35.0 Å². The molecule has 0 saturated heterocycles. The predicted molar refractivity (Wildman–Crippen MR) is 163 cm³/mol. The normalized spacial score (nSPS) is 18.6. The van der Waals surface area contributed by atoms with Gasteiger partial charge in [0.05, 0.1) is 29.9 Å². The number of carbonyl (C=O) groups is 2. The van der Waals surface area contributed by atoms with Crippen LogP contribution in [0.25, 0.3) is 0 Å². The second kappa shape index (κ2) is 18.3. The van der Waals surface area contributed by atoms with Crippen molar-refractivity contribution in [1.82, 2.24) is 10.2 Å². The average Bonchev–Trinajstić information content (AvgIpc) is 2.95. The second-order valence-electron chi connectivity index (χ2n) is 9.97. The van der Waals surface area contributed by atoms with Crippen molar-refractivity contribution in [3.8, 4) is 11.5 Å². The van der Waals surface area contributed by atoms with Gasteiger partial charge in [-0.25, -0.2) is 0 Å². The molecule has 224 valence electrons. The minimum absolute atomic E-state index is 0.0557. The lowest BCUT2D eigenvalue weighted by atomic mass is 9.87. The standard InChI is InChI=1S/C30H45IN2O7/c1-4-6-8-10-12-27(36)33(14-11-9-7-5-2)24-18-22(30(38)32-13-15-34)19-25(28(24)37)40-29-23(31)16-21(20-35)17-26(29)39-3/h4,16-17,19,24-25,28,34-35,37H,1,5-15,18,20H2,2-3H3,(H,32,38). The number of ether oxygens (including phenoxy) is 2. The Morgan fingerprint density at radius 1 is 1.20 bits per heavy atom. The van der Waals surface area contributed by atoms with E-state index in [0.717, 1.165) is 38.5 Å². The van der Waals surface area contributed by atoms with Crippen molar-refractivity contribution in [1.29, 1.82) is 0 Å². The molecule has 40 heavy (non-hydrogen) atoms. The van der Waals surface area contributed by atoms with Crippen LogP contribution in [0.3, 0.4) is 0 Å². The van der Waals surface area contributed by atoms with E-state index >= 15 is 0 Å². The third kappa shape index (κ3) is 10.0. The third-order valence-corrected chi connectivity index (χ3v) is 7.76. The molecule has 0 spiro atoms. The third-order valence-electron chi connectivity index (χ3n) is 6.96. The van der Waals surface area contributed by atoms with Crippen LogP contribution in [-0.2, 0) is 16.2 Å². The van der Waals surface area contributed by atoms with Crippen molar-refractivity contribution in [2.75, 3.05) is 26.8 Å². The molecule has 10 heteroatoms. The number of unbranched alkanes of at least 4 members (excludes halogenated alkanes) is 5. The fourth-order valence-electron chi connectivity index (χ4n) is 4.79. The van der Waals surface area contributed by atoms with E-state index in [0.29, 0.717) is 45.6 Å². The summed E-state index contributed by atoms with van der Waals surface area (Å²) in [6, 6.07) is 2.75. The summed E-state index contributed by atoms with van der Waals surface area (Å²) in [6.45, 7) is 6.07. The Morgan fingerprint density at radius 3 is 2.62 bits per heavy atom. The number of nitrogens with one attached hydrogen (secondary N) is 1. The maximum Gasteiger partial charge on any atom is 0.247 e. The molecule has 1 aromatic rings. The van der Waals surface area contributed by atoms with E-state index in [1.165, 1.54) is 7.11 Å². The number of methoxy groups -OCH3 is 1. The summed E-state index contributed by atoms with van der Waals surface area (Å²) in [5, 5.41) is 33.1. The highest BCUT2D eigenvalue weighted by molar-refractivity contribution is 14.1. The number of allylic oxidation sites excluding steroid dienone is 1. The van der Waals surface area contributed by atoms with E-state index in [9.17, 15) is 24.9 Å². The molecule has 0 aliphatic heterocycles. The Kier molecular flexibility index (Phi) is 15.6. The predicted octanol–water partition coefficient (Wildman–Crippen LogP) is 3.86. The lowest BCUT2D eigenvalue weighted by molar-refractivity contribution is -0.138. The highest BCUT2D eigenvalue weighted by Crippen LogP contribution is 2.37. The minimum atomic E-state index is -1.10. The van der Waals surface area contributed by atoms with Crippen LogP contribution in [0.5, 0.6) is 11.5 Å². The summed E-state index contributed by atoms with van der Waals surface area (Å²) in [4.78, 5) is 28.3. The van der Waals surface area contributed by atoms with Gasteiger partial charge in [-0.3, -0.25) is 9.59 Å². The van der Waals surface area contributed by atoms with Gasteiger partial charge in [-0.05, 0) is 72.0 Å². The Hall–Kier alpha value is -2.15. The number of carbonyl (C=O) groups excluding carboxylic acids is 2. The van der Waals surface area contributed by atoms with E-state index in [1.807, 2.05) is 6.08 Å². The van der Waals surface area contributed by atoms with Crippen molar-refractivity contribution in [3.05, 3.63) is 45.6 Å². The Morgan fingerprint density at radius 2 is 1.98 bits per heavy atom. The van der Waals surface area contributed by atoms with E-state index < -0.39 is 18.2 Å². The first-order chi connectivity index (χ1) is 19.3. The van der Waals surface area contributed by atoms with Gasteiger partial charge in [0.15, 0.2) is 11.5 Å². The molecule has 1 aromatic carbocycles. The number of aliphatic hydroxyl groups is 3. The van der Waals surface area contributed by atoms with E-state index in [2.05, 4.69) is 41.4 Å². The maximum atomic E-state index is 13.5. The smallest absolute Gasteiger partial charge is 0.247 e. The van der Waals surface area contributed by atoms with Gasteiger partial charge in [-0.15, -0.1) is 6.58 Å². The van der Waals surface area contributed by atoms with Crippen molar-refractivity contribution in [2.45, 2.75) is 89.6 Å². The summed E-state index contributed by atoms with van der Waals surface area (Å²) < 4.78 is 12.5. The Bertz CT molecular complexity index is 1000. The number of rotatable bonds is 18. The molecule has 3 atom stereocenters. The summed E-state index contributed by atoms with van der Waals surface area (Å²) in [5.74, 6) is 0.335. The van der Waals surface area contributed by atoms with Crippen LogP contribution in [0.2, 0.25) is 0 Å². The highest BCUT2D eigenvalue weighted by atomic mass is 127. The van der Waals surface area contributed by atoms with Gasteiger partial charge in [0.2, 0.25) is 11.8 Å². The summed E-state index contributed by atoms with van der Waals surface area (Å²) >= 11 is 2.08. The molecule has 0 saturated carbocycles. The number of halogens is 1. The lowest BCUT2D eigenvalue weighted by Gasteiger charge is -2.41. The summed E-state index contributed by atoms with van der Waals surface area (Å²) in [6.07, 6.45) is 8.18. The zero-order chi connectivity index (χ0) is 29.5. The van der Waals surface area contributed by atoms with Gasteiger partial charge in [-0.1, -0.05) is 32.3 Å². The first kappa shape index (κ1) is 34.1. The zero-order valence-corrected chi connectivity index (χ0v) is 25.9. The quantitative estimate of drug-likeness (QED) is 0.106. The molecule has 4 N–H and O–H groups in total. The van der Waals surface area contributed by atoms with Crippen molar-refractivity contribution < 1.29 is 34.4 Å². The molecule has 2 amide bonds. The van der Waals surface area contributed by atoms with Crippen LogP contribution in [-0.4, -0.2) is 77.1 Å². The second-order valence-corrected chi connectivity index (χ2v) is 11.1. The molecule has 3 unspecified atom stereocenters. The van der Waals surface area contributed by atoms with Crippen molar-refractivity contribution in [3.63, 3.8) is 0 Å². The monoisotopic (exact) mass is 672 g/mol. The molecule has 0 radical (unpaired) electrons. The molecule has 1 aliphatic rings. The molecule has 0 heterocycles. The van der Waals surface area contributed by atoms with Gasteiger partial charge >= 0.3 is 0 Å². The number of nitrogens with zero attached hydrogens (tertiary/aromatic N) is 1. The number of amides is 2. The molecule has 1 aliphatic carbocycles. The van der Waals surface area contributed by atoms with E-state index in [1.54, 1.807) is 23.1 Å². The molecule has 0 aromatic heterocycles. The number of hydrogen-bond donors (Lipinski definition) is 4. The van der Waals surface area contributed by atoms with Crippen LogP contribution < -0.4 is 14.8 Å². The lowest BCUT2D eigenvalue weighted by Crippen LogP contribution is -2.55. The number of benzene rings is 1. The molecule has 0 bridgehead atoms. The Balaban J connectivity index is 2.43. The van der Waals surface area contributed by atoms with Crippen LogP contribution in [0.4, 0.5) is 0 Å². The SMILES string of the molecule is C=CCCCCC(=O)N(CCCCCC)C1CC(C(=O)NCCO)=CC(Oc2c(I)cc(CO)cc2OC)C1O. The van der Waals surface area contributed by atoms with Crippen molar-refractivity contribution in [2.24, 2.45) is 0 Å². The van der Waals surface area contributed by atoms with Gasteiger partial charge in [0, 0.05) is 31.5 Å². The largest absolute Gasteiger partial charge is 0.493 e. The molecular weight excluding hydrogens is 627 g/mol. The molecular formula is C30H45IN2O7. The van der Waals surface area contributed by atoms with Gasteiger partial charge in [0.1, 0.15) is 12.2 Å². The summed E-state index contributed by atoms with van der Waals surface area (Å²) in [5.41, 5.74) is 1.03. The average molecular weight is 673 g/mol. The fraction of sp³-hybridized carbons (Fsp3) is 0.600. The van der Waals surface area contributed by atoms with Crippen LogP contribution in [0.15, 0.2) is 36.4 Å². The molecule has 9 nitrogen and oxygen atoms in total. The topological polar surface area (TPSA) is 129 Å². The van der Waals surface area contributed by atoms with E-state index in [-0.39, 0.29) is 38.0 Å². The first-order valence-electron chi connectivity index (χ1n) is 14.1. The Labute approximate surface area is 251 Å². The minimum Gasteiger partial charge on any atom is -0.493 e. The van der Waals surface area contributed by atoms with Gasteiger partial charge in [0.25, 0.3) is 0 Å². The number of aliphatic hydroxyl groups excluding tert-OH is 3. The van der Waals surface area contributed by atoms with Crippen LogP contribution >= 0.6 is 22.6 Å². The highest BCUT2D eigenvalue weighted by Gasteiger charge is 2.40. The van der Waals surface area contributed by atoms with Crippen LogP contribution in [0, 0.1) is 3.57 Å². The van der Waals surface area contributed by atoms with Crippen molar-refractivity contribution >= 4 is 34.4 Å². The first-order valence-corrected chi connectivity index (χ1v) is 15.2. The number of hydrogen-bond acceptors (Lipinski definition) is 7. The van der Waals surface area contributed by atoms with Gasteiger partial charge in [-0.2, -0.15) is 0 Å². The van der Waals surface area contributed by atoms with E-state index in [4.69, 9.17) is 9.47 Å². The maximum absolute atomic E-state index is 13.5. The molecule has 2 rings (SSSR count). The fourth-order valence-corrected chi connectivity index (χ4v) is 5.58. The summed E-state index contributed by atoms with van der Waals surface area (Å²) in [7, 11) is 1.49. The van der Waals surface area contributed by atoms with Crippen LogP contribution in [0.1, 0.15) is 70.3 Å². The zero-order valence-electron chi connectivity index (χ0n) is 23.7. The molecule has 0 fully saturated rings.